The molecule has 3 heteroatoms. The summed E-state index contributed by atoms with van der Waals surface area (Å²) in [6, 6.07) is 11.6. The minimum atomic E-state index is -0.865. The standard InChI is InChI=1S/C18H20O3/c1-12-4-8-16(18(19)20)15(10-12)7-5-14-6-9-17(21-3)13(2)11-14/h4,6,8-11H,5,7H2,1-3H3,(H,19,20). The number of benzene rings is 2. The Morgan fingerprint density at radius 3 is 2.48 bits per heavy atom. The predicted octanol–water partition coefficient (Wildman–Crippen LogP) is 3.80. The van der Waals surface area contributed by atoms with Gasteiger partial charge >= 0.3 is 5.97 Å². The van der Waals surface area contributed by atoms with Crippen LogP contribution in [0.5, 0.6) is 5.75 Å². The first-order chi connectivity index (χ1) is 10.0. The van der Waals surface area contributed by atoms with Crippen molar-refractivity contribution in [2.24, 2.45) is 0 Å². The van der Waals surface area contributed by atoms with Crippen LogP contribution >= 0.6 is 0 Å². The van der Waals surface area contributed by atoms with Crippen LogP contribution in [-0.4, -0.2) is 18.2 Å². The van der Waals surface area contributed by atoms with Crippen molar-refractivity contribution in [3.8, 4) is 5.75 Å². The van der Waals surface area contributed by atoms with Gasteiger partial charge in [-0.25, -0.2) is 4.79 Å². The first-order valence-electron chi connectivity index (χ1n) is 6.97. The van der Waals surface area contributed by atoms with Crippen molar-refractivity contribution in [1.82, 2.24) is 0 Å². The highest BCUT2D eigenvalue weighted by Crippen LogP contribution is 2.20. The maximum absolute atomic E-state index is 11.3. The third-order valence-corrected chi connectivity index (χ3v) is 3.63. The largest absolute Gasteiger partial charge is 0.496 e. The van der Waals surface area contributed by atoms with Gasteiger partial charge in [0.25, 0.3) is 0 Å². The zero-order valence-electron chi connectivity index (χ0n) is 12.6. The molecule has 2 aromatic rings. The van der Waals surface area contributed by atoms with Gasteiger partial charge in [-0.2, -0.15) is 0 Å². The minimum Gasteiger partial charge on any atom is -0.496 e. The molecule has 110 valence electrons. The molecule has 0 aliphatic heterocycles. The Hall–Kier alpha value is -2.29. The Morgan fingerprint density at radius 1 is 1.10 bits per heavy atom. The van der Waals surface area contributed by atoms with Gasteiger partial charge in [-0.1, -0.05) is 29.8 Å². The quantitative estimate of drug-likeness (QED) is 0.908. The van der Waals surface area contributed by atoms with Crippen molar-refractivity contribution in [2.45, 2.75) is 26.7 Å². The fourth-order valence-corrected chi connectivity index (χ4v) is 2.51. The SMILES string of the molecule is COc1ccc(CCc2cc(C)ccc2C(=O)O)cc1C. The lowest BCUT2D eigenvalue weighted by Crippen LogP contribution is -2.04. The van der Waals surface area contributed by atoms with Gasteiger partial charge in [-0.05, 0) is 55.5 Å². The molecule has 0 saturated carbocycles. The Kier molecular flexibility index (Phi) is 4.63. The number of carboxylic acid groups (broad SMARTS) is 1. The first-order valence-corrected chi connectivity index (χ1v) is 6.97. The topological polar surface area (TPSA) is 46.5 Å². The van der Waals surface area contributed by atoms with Gasteiger partial charge in [-0.3, -0.25) is 0 Å². The number of methoxy groups -OCH3 is 1. The van der Waals surface area contributed by atoms with Crippen molar-refractivity contribution >= 4 is 5.97 Å². The molecule has 1 N–H and O–H groups in total. The zero-order valence-corrected chi connectivity index (χ0v) is 12.6. The lowest BCUT2D eigenvalue weighted by molar-refractivity contribution is 0.0695. The van der Waals surface area contributed by atoms with Crippen molar-refractivity contribution in [2.75, 3.05) is 7.11 Å². The molecule has 0 spiro atoms. The minimum absolute atomic E-state index is 0.394. The van der Waals surface area contributed by atoms with Gasteiger partial charge in [0.1, 0.15) is 5.75 Å². The molecule has 3 nitrogen and oxygen atoms in total. The summed E-state index contributed by atoms with van der Waals surface area (Å²) in [5.74, 6) is 0.0106. The molecule has 0 aliphatic carbocycles. The van der Waals surface area contributed by atoms with Gasteiger partial charge in [0, 0.05) is 0 Å². The van der Waals surface area contributed by atoms with Crippen LogP contribution in [0, 0.1) is 13.8 Å². The maximum atomic E-state index is 11.3. The molecule has 0 amide bonds. The monoisotopic (exact) mass is 284 g/mol. The lowest BCUT2D eigenvalue weighted by atomic mass is 9.97. The average molecular weight is 284 g/mol. The molecular weight excluding hydrogens is 264 g/mol. The van der Waals surface area contributed by atoms with Gasteiger partial charge in [0.15, 0.2) is 0 Å². The van der Waals surface area contributed by atoms with Gasteiger partial charge in [0.05, 0.1) is 12.7 Å². The van der Waals surface area contributed by atoms with Crippen LogP contribution < -0.4 is 4.74 Å². The van der Waals surface area contributed by atoms with E-state index in [1.165, 1.54) is 5.56 Å². The summed E-state index contributed by atoms with van der Waals surface area (Å²) < 4.78 is 5.25. The van der Waals surface area contributed by atoms with E-state index in [1.807, 2.05) is 38.1 Å². The number of aromatic carboxylic acids is 1. The summed E-state index contributed by atoms with van der Waals surface area (Å²) in [6.07, 6.45) is 1.53. The van der Waals surface area contributed by atoms with Crippen LogP contribution in [0.1, 0.15) is 32.6 Å². The van der Waals surface area contributed by atoms with E-state index >= 15 is 0 Å². The molecule has 0 unspecified atom stereocenters. The Morgan fingerprint density at radius 2 is 1.86 bits per heavy atom. The second-order valence-corrected chi connectivity index (χ2v) is 5.27. The fraction of sp³-hybridized carbons (Fsp3) is 0.278. The van der Waals surface area contributed by atoms with E-state index in [2.05, 4.69) is 6.07 Å². The lowest BCUT2D eigenvalue weighted by Gasteiger charge is -2.10. The van der Waals surface area contributed by atoms with Crippen molar-refractivity contribution in [3.63, 3.8) is 0 Å². The Bertz CT molecular complexity index is 660. The van der Waals surface area contributed by atoms with Crippen LogP contribution in [0.25, 0.3) is 0 Å². The fourth-order valence-electron chi connectivity index (χ4n) is 2.51. The summed E-state index contributed by atoms with van der Waals surface area (Å²) in [5, 5.41) is 9.25. The van der Waals surface area contributed by atoms with Gasteiger partial charge in [-0.15, -0.1) is 0 Å². The molecule has 0 fully saturated rings. The van der Waals surface area contributed by atoms with Crippen molar-refractivity contribution in [1.29, 1.82) is 0 Å². The van der Waals surface area contributed by atoms with E-state index in [1.54, 1.807) is 13.2 Å². The van der Waals surface area contributed by atoms with E-state index in [0.29, 0.717) is 5.56 Å². The van der Waals surface area contributed by atoms with E-state index in [9.17, 15) is 9.90 Å². The van der Waals surface area contributed by atoms with E-state index < -0.39 is 5.97 Å². The van der Waals surface area contributed by atoms with E-state index in [-0.39, 0.29) is 0 Å². The molecule has 0 bridgehead atoms. The molecule has 0 radical (unpaired) electrons. The maximum Gasteiger partial charge on any atom is 0.335 e. The molecule has 0 heterocycles. The third-order valence-electron chi connectivity index (χ3n) is 3.63. The van der Waals surface area contributed by atoms with E-state index in [4.69, 9.17) is 4.74 Å². The number of carbonyl (C=O) groups is 1. The second kappa shape index (κ2) is 6.44. The van der Waals surface area contributed by atoms with Crippen LogP contribution in [0.4, 0.5) is 0 Å². The molecule has 0 atom stereocenters. The summed E-state index contributed by atoms with van der Waals surface area (Å²) in [7, 11) is 1.66. The summed E-state index contributed by atoms with van der Waals surface area (Å²) >= 11 is 0. The summed E-state index contributed by atoms with van der Waals surface area (Å²) in [4.78, 5) is 11.3. The molecule has 0 saturated heterocycles. The number of rotatable bonds is 5. The average Bonchev–Trinajstić information content (AvgIpc) is 2.45. The molecule has 0 aliphatic rings. The first kappa shape index (κ1) is 15.1. The van der Waals surface area contributed by atoms with Crippen LogP contribution in [-0.2, 0) is 12.8 Å². The second-order valence-electron chi connectivity index (χ2n) is 5.27. The van der Waals surface area contributed by atoms with Crippen LogP contribution in [0.2, 0.25) is 0 Å². The van der Waals surface area contributed by atoms with E-state index in [0.717, 1.165) is 35.3 Å². The Balaban J connectivity index is 2.18. The van der Waals surface area contributed by atoms with Crippen molar-refractivity contribution in [3.05, 3.63) is 64.2 Å². The van der Waals surface area contributed by atoms with Crippen LogP contribution in [0.3, 0.4) is 0 Å². The van der Waals surface area contributed by atoms with Gasteiger partial charge in [0.2, 0.25) is 0 Å². The molecular formula is C18H20O3. The highest BCUT2D eigenvalue weighted by atomic mass is 16.5. The number of carboxylic acids is 1. The summed E-state index contributed by atoms with van der Waals surface area (Å²) in [5.41, 5.74) is 4.64. The highest BCUT2D eigenvalue weighted by Gasteiger charge is 2.10. The normalized spacial score (nSPS) is 10.4. The molecule has 2 aromatic carbocycles. The van der Waals surface area contributed by atoms with Crippen molar-refractivity contribution < 1.29 is 14.6 Å². The van der Waals surface area contributed by atoms with Crippen LogP contribution in [0.15, 0.2) is 36.4 Å². The van der Waals surface area contributed by atoms with Gasteiger partial charge < -0.3 is 9.84 Å². The predicted molar refractivity (Wildman–Crippen MR) is 83.3 cm³/mol. The smallest absolute Gasteiger partial charge is 0.335 e. The number of hydrogen-bond donors (Lipinski definition) is 1. The molecule has 2 rings (SSSR count). The highest BCUT2D eigenvalue weighted by molar-refractivity contribution is 5.89. The molecule has 21 heavy (non-hydrogen) atoms. The number of ether oxygens (including phenoxy) is 1. The summed E-state index contributed by atoms with van der Waals surface area (Å²) in [6.45, 7) is 3.99. The number of aryl methyl sites for hydroxylation is 4. The third kappa shape index (κ3) is 3.63. The molecule has 0 aromatic heterocycles. The zero-order chi connectivity index (χ0) is 15.4. The number of hydrogen-bond acceptors (Lipinski definition) is 2. The Labute approximate surface area is 125 Å².